The van der Waals surface area contributed by atoms with Crippen LogP contribution in [-0.4, -0.2) is 25.9 Å². The molecular formula is C18H23N2O4+. The van der Waals surface area contributed by atoms with Crippen LogP contribution in [0.5, 0.6) is 17.2 Å². The lowest BCUT2D eigenvalue weighted by Gasteiger charge is -2.14. The molecule has 6 nitrogen and oxygen atoms in total. The molecule has 2 aromatic rings. The largest absolute Gasteiger partial charge is 0.498 e. The van der Waals surface area contributed by atoms with Crippen LogP contribution >= 0.6 is 0 Å². The van der Waals surface area contributed by atoms with Crippen molar-refractivity contribution in [2.45, 2.75) is 6.92 Å². The van der Waals surface area contributed by atoms with E-state index in [0.29, 0.717) is 17.2 Å². The van der Waals surface area contributed by atoms with Crippen LogP contribution in [0, 0.1) is 6.92 Å². The van der Waals surface area contributed by atoms with E-state index in [1.807, 2.05) is 37.3 Å². The molecule has 6 heteroatoms. The molecule has 128 valence electrons. The predicted molar refractivity (Wildman–Crippen MR) is 92.6 cm³/mol. The van der Waals surface area contributed by atoms with E-state index in [-0.39, 0.29) is 5.69 Å². The fraction of sp³-hybridized carbons (Fsp3) is 0.333. The molecule has 1 heterocycles. The number of nitrogens with zero attached hydrogens (tertiary/aromatic N) is 2. The molecule has 1 aromatic heterocycles. The van der Waals surface area contributed by atoms with Gasteiger partial charge in [-0.05, 0) is 31.2 Å². The van der Waals surface area contributed by atoms with Gasteiger partial charge in [0, 0.05) is 11.6 Å². The first-order chi connectivity index (χ1) is 11.4. The molecule has 0 aliphatic heterocycles. The van der Waals surface area contributed by atoms with E-state index < -0.39 is 0 Å². The van der Waals surface area contributed by atoms with Gasteiger partial charge in [0.25, 0.3) is 0 Å². The minimum atomic E-state index is -0.0751. The third-order valence-corrected chi connectivity index (χ3v) is 4.02. The summed E-state index contributed by atoms with van der Waals surface area (Å²) in [4.78, 5) is 12.2. The van der Waals surface area contributed by atoms with Gasteiger partial charge in [0.2, 0.25) is 5.75 Å². The van der Waals surface area contributed by atoms with E-state index in [2.05, 4.69) is 0 Å². The molecule has 0 atom stereocenters. The molecule has 24 heavy (non-hydrogen) atoms. The average Bonchev–Trinajstić information content (AvgIpc) is 2.60. The highest BCUT2D eigenvalue weighted by Gasteiger charge is 2.15. The molecule has 0 unspecified atom stereocenters. The summed E-state index contributed by atoms with van der Waals surface area (Å²) in [5.41, 5.74) is 2.44. The fourth-order valence-corrected chi connectivity index (χ4v) is 2.48. The molecule has 2 rings (SSSR count). The number of ether oxygens (including phenoxy) is 3. The first-order valence-electron chi connectivity index (χ1n) is 7.48. The minimum Gasteiger partial charge on any atom is -0.493 e. The molecule has 1 aromatic carbocycles. The molecule has 0 radical (unpaired) electrons. The van der Waals surface area contributed by atoms with Gasteiger partial charge in [-0.2, -0.15) is 13.9 Å². The summed E-state index contributed by atoms with van der Waals surface area (Å²) in [5.74, 6) is 1.71. The SMILES string of the molecule is COc1ccc(/C=C/c2cc(C)n(C)c(=O)[n+]2C)c(OC)c1OC. The summed E-state index contributed by atoms with van der Waals surface area (Å²) < 4.78 is 19.3. The van der Waals surface area contributed by atoms with Gasteiger partial charge in [-0.15, -0.1) is 0 Å². The Balaban J connectivity index is 2.53. The second-order valence-electron chi connectivity index (χ2n) is 5.37. The Morgan fingerprint density at radius 1 is 1.04 bits per heavy atom. The van der Waals surface area contributed by atoms with Crippen molar-refractivity contribution in [1.29, 1.82) is 0 Å². The monoisotopic (exact) mass is 331 g/mol. The molecular weight excluding hydrogens is 308 g/mol. The zero-order valence-corrected chi connectivity index (χ0v) is 14.9. The molecule has 0 bridgehead atoms. The summed E-state index contributed by atoms with van der Waals surface area (Å²) in [6, 6.07) is 5.64. The smallest absolute Gasteiger partial charge is 0.493 e. The molecule has 0 saturated heterocycles. The Labute approximate surface area is 141 Å². The molecule has 0 amide bonds. The van der Waals surface area contributed by atoms with E-state index in [9.17, 15) is 4.79 Å². The lowest BCUT2D eigenvalue weighted by atomic mass is 10.1. The van der Waals surface area contributed by atoms with E-state index in [1.54, 1.807) is 44.6 Å². The van der Waals surface area contributed by atoms with Crippen LogP contribution in [-0.2, 0) is 14.1 Å². The van der Waals surface area contributed by atoms with Crippen LogP contribution in [0.3, 0.4) is 0 Å². The standard InChI is InChI=1S/C18H23N2O4/c1-12-11-14(20(3)18(21)19(12)2)9-7-13-8-10-15(22-4)17(24-6)16(13)23-5/h7-11H,1-6H3/q+1/b9-7+. The maximum absolute atomic E-state index is 12.2. The molecule has 0 fully saturated rings. The molecule has 0 N–H and O–H groups in total. The first kappa shape index (κ1) is 17.6. The zero-order valence-electron chi connectivity index (χ0n) is 14.9. The van der Waals surface area contributed by atoms with Crippen molar-refractivity contribution in [3.63, 3.8) is 0 Å². The van der Waals surface area contributed by atoms with Gasteiger partial charge >= 0.3 is 5.69 Å². The maximum atomic E-state index is 12.2. The van der Waals surface area contributed by atoms with Gasteiger partial charge in [0.05, 0.1) is 35.4 Å². The quantitative estimate of drug-likeness (QED) is 0.783. The molecule has 0 saturated carbocycles. The van der Waals surface area contributed by atoms with Crippen LogP contribution in [0.1, 0.15) is 17.0 Å². The Kier molecular flexibility index (Phi) is 5.28. The van der Waals surface area contributed by atoms with E-state index >= 15 is 0 Å². The summed E-state index contributed by atoms with van der Waals surface area (Å²) in [6.07, 6.45) is 3.76. The highest BCUT2D eigenvalue weighted by molar-refractivity contribution is 5.74. The van der Waals surface area contributed by atoms with Crippen molar-refractivity contribution in [3.8, 4) is 17.2 Å². The van der Waals surface area contributed by atoms with Gasteiger partial charge < -0.3 is 14.2 Å². The number of rotatable bonds is 5. The van der Waals surface area contributed by atoms with Gasteiger partial charge in [0.1, 0.15) is 11.4 Å². The predicted octanol–water partition coefficient (Wildman–Crippen LogP) is 1.71. The van der Waals surface area contributed by atoms with Crippen LogP contribution in [0.15, 0.2) is 23.0 Å². The zero-order chi connectivity index (χ0) is 17.9. The number of aromatic nitrogens is 2. The Bertz CT molecular complexity index is 838. The van der Waals surface area contributed by atoms with E-state index in [1.165, 1.54) is 0 Å². The first-order valence-corrected chi connectivity index (χ1v) is 7.48. The van der Waals surface area contributed by atoms with E-state index in [0.717, 1.165) is 17.0 Å². The lowest BCUT2D eigenvalue weighted by Crippen LogP contribution is -2.53. The highest BCUT2D eigenvalue weighted by atomic mass is 16.5. The molecule has 0 aliphatic carbocycles. The maximum Gasteiger partial charge on any atom is 0.498 e. The number of aryl methyl sites for hydroxylation is 1. The van der Waals surface area contributed by atoms with Gasteiger partial charge in [-0.1, -0.05) is 0 Å². The average molecular weight is 331 g/mol. The lowest BCUT2D eigenvalue weighted by molar-refractivity contribution is -0.692. The fourth-order valence-electron chi connectivity index (χ4n) is 2.48. The van der Waals surface area contributed by atoms with Crippen molar-refractivity contribution in [1.82, 2.24) is 4.57 Å². The number of hydrogen-bond acceptors (Lipinski definition) is 4. The normalized spacial score (nSPS) is 10.9. The van der Waals surface area contributed by atoms with Gasteiger partial charge in [-0.25, -0.2) is 0 Å². The summed E-state index contributed by atoms with van der Waals surface area (Å²) in [7, 11) is 8.22. The minimum absolute atomic E-state index is 0.0751. The Morgan fingerprint density at radius 2 is 1.71 bits per heavy atom. The second-order valence-corrected chi connectivity index (χ2v) is 5.37. The second kappa shape index (κ2) is 7.21. The van der Waals surface area contributed by atoms with Crippen molar-refractivity contribution < 1.29 is 18.8 Å². The third-order valence-electron chi connectivity index (χ3n) is 4.02. The molecule has 0 aliphatic rings. The van der Waals surface area contributed by atoms with Crippen LogP contribution < -0.4 is 24.5 Å². The van der Waals surface area contributed by atoms with Crippen LogP contribution in [0.4, 0.5) is 0 Å². The highest BCUT2D eigenvalue weighted by Crippen LogP contribution is 2.40. The Hall–Kier alpha value is -2.76. The third kappa shape index (κ3) is 3.13. The summed E-state index contributed by atoms with van der Waals surface area (Å²) in [5, 5.41) is 0. The Morgan fingerprint density at radius 3 is 2.29 bits per heavy atom. The van der Waals surface area contributed by atoms with E-state index in [4.69, 9.17) is 14.2 Å². The summed E-state index contributed by atoms with van der Waals surface area (Å²) in [6.45, 7) is 1.90. The van der Waals surface area contributed by atoms with Crippen molar-refractivity contribution in [2.24, 2.45) is 14.1 Å². The number of methoxy groups -OCH3 is 3. The molecule has 0 spiro atoms. The number of hydrogen-bond donors (Lipinski definition) is 0. The van der Waals surface area contributed by atoms with Crippen LogP contribution in [0.2, 0.25) is 0 Å². The van der Waals surface area contributed by atoms with Gasteiger partial charge in [-0.3, -0.25) is 0 Å². The van der Waals surface area contributed by atoms with Crippen molar-refractivity contribution >= 4 is 12.2 Å². The summed E-state index contributed by atoms with van der Waals surface area (Å²) >= 11 is 0. The topological polar surface area (TPSA) is 53.6 Å². The number of benzene rings is 1. The van der Waals surface area contributed by atoms with Gasteiger partial charge in [0.15, 0.2) is 11.5 Å². The van der Waals surface area contributed by atoms with Crippen LogP contribution in [0.25, 0.3) is 12.2 Å². The van der Waals surface area contributed by atoms with Crippen molar-refractivity contribution in [3.05, 3.63) is 45.6 Å². The van der Waals surface area contributed by atoms with Crippen molar-refractivity contribution in [2.75, 3.05) is 21.3 Å².